The molecule has 1 aliphatic heterocycles. The van der Waals surface area contributed by atoms with Gasteiger partial charge in [0.15, 0.2) is 22.1 Å². The largest absolute Gasteiger partial charge is 0.478 e. The molecular formula is C16H17F3O5S. The molecule has 0 amide bonds. The molecular weight excluding hydrogens is 361 g/mol. The summed E-state index contributed by atoms with van der Waals surface area (Å²) in [7, 11) is -3.58. The van der Waals surface area contributed by atoms with E-state index >= 15 is 0 Å². The van der Waals surface area contributed by atoms with E-state index in [9.17, 15) is 31.5 Å². The SMILES string of the molecule is CCCC(F)C(F)(F)C1Oc2ccc(S(C)(=O)=O)cc2C=C1C(=O)O. The summed E-state index contributed by atoms with van der Waals surface area (Å²) < 4.78 is 70.8. The number of alkyl halides is 3. The van der Waals surface area contributed by atoms with Crippen molar-refractivity contribution in [2.45, 2.75) is 42.9 Å². The van der Waals surface area contributed by atoms with Crippen LogP contribution in [0, 0.1) is 0 Å². The molecule has 1 heterocycles. The zero-order valence-electron chi connectivity index (χ0n) is 13.5. The quantitative estimate of drug-likeness (QED) is 0.823. The van der Waals surface area contributed by atoms with E-state index in [0.717, 1.165) is 30.5 Å². The van der Waals surface area contributed by atoms with Gasteiger partial charge in [-0.15, -0.1) is 0 Å². The van der Waals surface area contributed by atoms with Gasteiger partial charge < -0.3 is 9.84 Å². The zero-order valence-corrected chi connectivity index (χ0v) is 14.3. The van der Waals surface area contributed by atoms with Gasteiger partial charge in [0.2, 0.25) is 0 Å². The van der Waals surface area contributed by atoms with Crippen molar-refractivity contribution >= 4 is 21.9 Å². The molecule has 1 aliphatic rings. The summed E-state index contributed by atoms with van der Waals surface area (Å²) in [6.07, 6.45) is -3.31. The standard InChI is InChI=1S/C16H17F3O5S/c1-3-4-13(17)16(18,19)14-11(15(20)21)8-9-7-10(25(2,22)23)5-6-12(9)24-14/h5-8,13-14H,3-4H2,1-2H3,(H,20,21). The fourth-order valence-corrected chi connectivity index (χ4v) is 3.14. The highest BCUT2D eigenvalue weighted by atomic mass is 32.2. The molecule has 2 unspecified atom stereocenters. The van der Waals surface area contributed by atoms with Gasteiger partial charge in [0.25, 0.3) is 0 Å². The lowest BCUT2D eigenvalue weighted by molar-refractivity contribution is -0.149. The first kappa shape index (κ1) is 19.3. The minimum absolute atomic E-state index is 0.0262. The highest BCUT2D eigenvalue weighted by Gasteiger charge is 2.53. The van der Waals surface area contributed by atoms with Gasteiger partial charge >= 0.3 is 11.9 Å². The third-order valence-corrected chi connectivity index (χ3v) is 4.91. The Balaban J connectivity index is 2.52. The number of carboxylic acid groups (broad SMARTS) is 1. The molecule has 25 heavy (non-hydrogen) atoms. The molecule has 9 heteroatoms. The van der Waals surface area contributed by atoms with Gasteiger partial charge in [-0.05, 0) is 30.7 Å². The van der Waals surface area contributed by atoms with Crippen molar-refractivity contribution in [2.75, 3.05) is 6.26 Å². The van der Waals surface area contributed by atoms with Crippen molar-refractivity contribution in [3.05, 3.63) is 29.3 Å². The molecule has 0 saturated heterocycles. The van der Waals surface area contributed by atoms with E-state index in [2.05, 4.69) is 0 Å². The predicted octanol–water partition coefficient (Wildman–Crippen LogP) is 3.09. The highest BCUT2D eigenvalue weighted by molar-refractivity contribution is 7.90. The van der Waals surface area contributed by atoms with E-state index in [4.69, 9.17) is 4.74 Å². The van der Waals surface area contributed by atoms with Gasteiger partial charge in [-0.25, -0.2) is 17.6 Å². The van der Waals surface area contributed by atoms with Crippen molar-refractivity contribution in [3.8, 4) is 5.75 Å². The monoisotopic (exact) mass is 378 g/mol. The van der Waals surface area contributed by atoms with E-state index in [-0.39, 0.29) is 22.6 Å². The number of hydrogen-bond acceptors (Lipinski definition) is 4. The van der Waals surface area contributed by atoms with E-state index < -0.39 is 46.0 Å². The molecule has 0 bridgehead atoms. The molecule has 0 spiro atoms. The number of halogens is 3. The predicted molar refractivity (Wildman–Crippen MR) is 84.3 cm³/mol. The molecule has 2 rings (SSSR count). The number of ether oxygens (including phenoxy) is 1. The van der Waals surface area contributed by atoms with Crippen LogP contribution in [0.15, 0.2) is 28.7 Å². The minimum atomic E-state index is -4.05. The molecule has 138 valence electrons. The number of rotatable bonds is 6. The molecule has 1 N–H and O–H groups in total. The van der Waals surface area contributed by atoms with Crippen molar-refractivity contribution < 1.29 is 36.2 Å². The first-order valence-electron chi connectivity index (χ1n) is 7.46. The summed E-state index contributed by atoms with van der Waals surface area (Å²) in [5, 5.41) is 9.22. The molecule has 0 aromatic heterocycles. The number of sulfone groups is 1. The molecule has 2 atom stereocenters. The fraction of sp³-hybridized carbons (Fsp3) is 0.438. The number of hydrogen-bond donors (Lipinski definition) is 1. The lowest BCUT2D eigenvalue weighted by atomic mass is 9.93. The van der Waals surface area contributed by atoms with E-state index in [0.29, 0.717) is 0 Å². The summed E-state index contributed by atoms with van der Waals surface area (Å²) >= 11 is 0. The Hall–Kier alpha value is -2.03. The van der Waals surface area contributed by atoms with E-state index in [1.54, 1.807) is 0 Å². The molecule has 0 fully saturated rings. The Bertz CT molecular complexity index is 817. The van der Waals surface area contributed by atoms with Crippen LogP contribution in [0.5, 0.6) is 5.75 Å². The third kappa shape index (κ3) is 3.81. The highest BCUT2D eigenvalue weighted by Crippen LogP contribution is 2.40. The van der Waals surface area contributed by atoms with Gasteiger partial charge in [-0.1, -0.05) is 13.3 Å². The van der Waals surface area contributed by atoms with Gasteiger partial charge in [0, 0.05) is 11.8 Å². The molecule has 0 saturated carbocycles. The second kappa shape index (κ2) is 6.70. The van der Waals surface area contributed by atoms with Crippen molar-refractivity contribution in [1.82, 2.24) is 0 Å². The van der Waals surface area contributed by atoms with Gasteiger partial charge in [0.05, 0.1) is 10.5 Å². The second-order valence-electron chi connectivity index (χ2n) is 5.81. The second-order valence-corrected chi connectivity index (χ2v) is 7.82. The van der Waals surface area contributed by atoms with Crippen LogP contribution < -0.4 is 4.74 Å². The van der Waals surface area contributed by atoms with Gasteiger partial charge in [-0.3, -0.25) is 0 Å². The average molecular weight is 378 g/mol. The molecule has 1 aromatic carbocycles. The maximum atomic E-state index is 14.4. The van der Waals surface area contributed by atoms with Crippen LogP contribution in [-0.4, -0.2) is 43.9 Å². The van der Waals surface area contributed by atoms with Crippen LogP contribution in [0.1, 0.15) is 25.3 Å². The van der Waals surface area contributed by atoms with Gasteiger partial charge in [-0.2, -0.15) is 8.78 Å². The smallest absolute Gasteiger partial charge is 0.335 e. The minimum Gasteiger partial charge on any atom is -0.478 e. The average Bonchev–Trinajstić information content (AvgIpc) is 2.52. The Morgan fingerprint density at radius 2 is 2.04 bits per heavy atom. The van der Waals surface area contributed by atoms with Crippen LogP contribution >= 0.6 is 0 Å². The number of carboxylic acids is 1. The van der Waals surface area contributed by atoms with Crippen LogP contribution in [0.4, 0.5) is 13.2 Å². The lowest BCUT2D eigenvalue weighted by Gasteiger charge is -2.33. The zero-order chi connectivity index (χ0) is 19.0. The number of benzene rings is 1. The third-order valence-electron chi connectivity index (χ3n) is 3.80. The lowest BCUT2D eigenvalue weighted by Crippen LogP contribution is -2.49. The Morgan fingerprint density at radius 1 is 1.40 bits per heavy atom. The number of aliphatic carboxylic acids is 1. The van der Waals surface area contributed by atoms with Crippen molar-refractivity contribution in [3.63, 3.8) is 0 Å². The molecule has 1 aromatic rings. The van der Waals surface area contributed by atoms with Crippen molar-refractivity contribution in [2.24, 2.45) is 0 Å². The molecule has 5 nitrogen and oxygen atoms in total. The van der Waals surface area contributed by atoms with Crippen LogP contribution in [0.3, 0.4) is 0 Å². The topological polar surface area (TPSA) is 80.7 Å². The van der Waals surface area contributed by atoms with E-state index in [1.165, 1.54) is 6.92 Å². The summed E-state index contributed by atoms with van der Waals surface area (Å²) in [4.78, 5) is 11.2. The first-order valence-corrected chi connectivity index (χ1v) is 9.35. The maximum Gasteiger partial charge on any atom is 0.335 e. The van der Waals surface area contributed by atoms with Crippen molar-refractivity contribution in [1.29, 1.82) is 0 Å². The van der Waals surface area contributed by atoms with Crippen LogP contribution in [-0.2, 0) is 14.6 Å². The normalized spacial score (nSPS) is 18.8. The summed E-state index contributed by atoms with van der Waals surface area (Å²) in [6, 6.07) is 3.43. The fourth-order valence-electron chi connectivity index (χ4n) is 2.48. The first-order chi connectivity index (χ1) is 11.5. The van der Waals surface area contributed by atoms with E-state index in [1.807, 2.05) is 0 Å². The summed E-state index contributed by atoms with van der Waals surface area (Å²) in [6.45, 7) is 1.53. The Labute approximate surface area is 143 Å². The number of fused-ring (bicyclic) bond motifs is 1. The van der Waals surface area contributed by atoms with Crippen LogP contribution in [0.2, 0.25) is 0 Å². The van der Waals surface area contributed by atoms with Gasteiger partial charge in [0.1, 0.15) is 5.75 Å². The maximum absolute atomic E-state index is 14.4. The number of carbonyl (C=O) groups is 1. The Kier molecular flexibility index (Phi) is 5.17. The Morgan fingerprint density at radius 3 is 2.56 bits per heavy atom. The molecule has 0 radical (unpaired) electrons. The summed E-state index contributed by atoms with van der Waals surface area (Å²) in [5.74, 6) is -5.87. The summed E-state index contributed by atoms with van der Waals surface area (Å²) in [5.41, 5.74) is -0.805. The van der Waals surface area contributed by atoms with Crippen LogP contribution in [0.25, 0.3) is 6.08 Å². The molecule has 0 aliphatic carbocycles.